The van der Waals surface area contributed by atoms with E-state index in [2.05, 4.69) is 6.07 Å². The SMILES string of the molecule is CN1C=CN(c2[c-]cccc2)[CH-]1.OC1CCCCC2CCC(O)C12.[Ir]. The Kier molecular flexibility index (Phi) is 7.95. The quantitative estimate of drug-likeness (QED) is 0.559. The van der Waals surface area contributed by atoms with E-state index >= 15 is 0 Å². The molecule has 0 amide bonds. The van der Waals surface area contributed by atoms with E-state index in [1.807, 2.05) is 60.2 Å². The van der Waals surface area contributed by atoms with Crippen LogP contribution in [0.25, 0.3) is 0 Å². The van der Waals surface area contributed by atoms with E-state index in [1.54, 1.807) is 0 Å². The number of nitrogens with zero attached hydrogens (tertiary/aromatic N) is 2. The van der Waals surface area contributed by atoms with Crippen LogP contribution in [0.4, 0.5) is 5.69 Å². The normalized spacial score (nSPS) is 30.8. The number of rotatable bonds is 1. The number of hydrogen-bond acceptors (Lipinski definition) is 4. The van der Waals surface area contributed by atoms with Crippen molar-refractivity contribution in [3.05, 3.63) is 49.4 Å². The van der Waals surface area contributed by atoms with Crippen LogP contribution in [0.1, 0.15) is 38.5 Å². The van der Waals surface area contributed by atoms with Crippen molar-refractivity contribution in [2.75, 3.05) is 11.9 Å². The van der Waals surface area contributed by atoms with Crippen LogP contribution in [-0.2, 0) is 20.1 Å². The molecule has 1 aromatic rings. The Hall–Kier alpha value is -0.871. The second kappa shape index (κ2) is 9.72. The molecule has 4 atom stereocenters. The van der Waals surface area contributed by atoms with E-state index in [4.69, 9.17) is 0 Å². The number of aliphatic hydroxyl groups is 2. The number of fused-ring (bicyclic) bond motifs is 1. The topological polar surface area (TPSA) is 46.9 Å². The van der Waals surface area contributed by atoms with E-state index in [1.165, 1.54) is 12.8 Å². The van der Waals surface area contributed by atoms with Gasteiger partial charge in [0.2, 0.25) is 0 Å². The molecule has 2 N–H and O–H groups in total. The molecule has 25 heavy (non-hydrogen) atoms. The van der Waals surface area contributed by atoms with Crippen molar-refractivity contribution in [1.82, 2.24) is 4.90 Å². The van der Waals surface area contributed by atoms with Crippen LogP contribution < -0.4 is 4.90 Å². The molecule has 0 aromatic heterocycles. The first-order valence-corrected chi connectivity index (χ1v) is 9.01. The van der Waals surface area contributed by atoms with Gasteiger partial charge in [-0.3, -0.25) is 0 Å². The maximum absolute atomic E-state index is 9.77. The standard InChI is InChI=1S/C10H10N2.C10H18O2.Ir/c1-11-7-8-12(9-11)10-5-3-2-4-6-10;11-8-4-2-1-3-7-5-6-9(12)10(7)8;/h2-5,7-9H,1H3;7-12H,1-6H2;/q-2;;. The van der Waals surface area contributed by atoms with Gasteiger partial charge < -0.3 is 20.0 Å². The molecule has 1 heterocycles. The van der Waals surface area contributed by atoms with Gasteiger partial charge in [0.1, 0.15) is 0 Å². The first-order valence-electron chi connectivity index (χ1n) is 9.01. The number of anilines is 1. The molecule has 0 spiro atoms. The Balaban J connectivity index is 0.000000173. The molecule has 4 unspecified atom stereocenters. The molecule has 1 aliphatic heterocycles. The average molecular weight is 521 g/mol. The zero-order valence-electron chi connectivity index (χ0n) is 14.7. The Morgan fingerprint density at radius 1 is 1.04 bits per heavy atom. The maximum Gasteiger partial charge on any atom is 0.0595 e. The van der Waals surface area contributed by atoms with Crippen molar-refractivity contribution in [2.24, 2.45) is 11.8 Å². The molecular weight excluding hydrogens is 492 g/mol. The van der Waals surface area contributed by atoms with Crippen molar-refractivity contribution in [1.29, 1.82) is 0 Å². The van der Waals surface area contributed by atoms with Gasteiger partial charge in [0.25, 0.3) is 0 Å². The van der Waals surface area contributed by atoms with Gasteiger partial charge in [-0.1, -0.05) is 12.8 Å². The van der Waals surface area contributed by atoms with Crippen LogP contribution >= 0.6 is 0 Å². The Labute approximate surface area is 164 Å². The first kappa shape index (κ1) is 20.4. The van der Waals surface area contributed by atoms with Gasteiger partial charge in [-0.2, -0.15) is 37.0 Å². The Morgan fingerprint density at radius 2 is 1.80 bits per heavy atom. The third-order valence-corrected chi connectivity index (χ3v) is 5.33. The third-order valence-electron chi connectivity index (χ3n) is 5.33. The predicted octanol–water partition coefficient (Wildman–Crippen LogP) is 3.13. The molecule has 4 rings (SSSR count). The molecule has 0 saturated heterocycles. The van der Waals surface area contributed by atoms with E-state index < -0.39 is 0 Å². The van der Waals surface area contributed by atoms with E-state index in [0.717, 1.165) is 31.4 Å². The minimum absolute atomic E-state index is 0. The third kappa shape index (κ3) is 5.30. The molecule has 141 valence electrons. The van der Waals surface area contributed by atoms with Gasteiger partial charge in [-0.05, 0) is 51.0 Å². The fraction of sp³-hybridized carbons (Fsp3) is 0.550. The summed E-state index contributed by atoms with van der Waals surface area (Å²) in [5, 5.41) is 19.4. The monoisotopic (exact) mass is 521 g/mol. The molecular formula is C20H28IrN2O2-2. The molecule has 4 nitrogen and oxygen atoms in total. The largest absolute Gasteiger partial charge is 0.510 e. The van der Waals surface area contributed by atoms with Crippen LogP contribution in [0.5, 0.6) is 0 Å². The number of aliphatic hydroxyl groups excluding tert-OH is 2. The Morgan fingerprint density at radius 3 is 2.48 bits per heavy atom. The molecule has 1 aromatic carbocycles. The summed E-state index contributed by atoms with van der Waals surface area (Å²) in [4.78, 5) is 4.03. The summed E-state index contributed by atoms with van der Waals surface area (Å²) in [6.45, 7) is 2.01. The van der Waals surface area contributed by atoms with E-state index in [9.17, 15) is 10.2 Å². The van der Waals surface area contributed by atoms with Crippen molar-refractivity contribution >= 4 is 5.69 Å². The maximum atomic E-state index is 9.77. The summed E-state index contributed by atoms with van der Waals surface area (Å²) in [7, 11) is 2.00. The van der Waals surface area contributed by atoms with Crippen LogP contribution in [-0.4, -0.2) is 34.4 Å². The average Bonchev–Trinajstić information content (AvgIpc) is 3.13. The minimum Gasteiger partial charge on any atom is -0.510 e. The van der Waals surface area contributed by atoms with Crippen molar-refractivity contribution in [2.45, 2.75) is 50.7 Å². The molecule has 5 heteroatoms. The smallest absolute Gasteiger partial charge is 0.0595 e. The van der Waals surface area contributed by atoms with Crippen LogP contribution in [0.3, 0.4) is 0 Å². The first-order chi connectivity index (χ1) is 11.6. The zero-order chi connectivity index (χ0) is 16.9. The van der Waals surface area contributed by atoms with Gasteiger partial charge in [-0.15, -0.1) is 5.69 Å². The van der Waals surface area contributed by atoms with Gasteiger partial charge in [0.05, 0.1) is 12.2 Å². The Bertz CT molecular complexity index is 540. The summed E-state index contributed by atoms with van der Waals surface area (Å²) in [5.74, 6) is 0.810. The van der Waals surface area contributed by atoms with Gasteiger partial charge >= 0.3 is 0 Å². The second-order valence-corrected chi connectivity index (χ2v) is 7.07. The predicted molar refractivity (Wildman–Crippen MR) is 95.7 cm³/mol. The van der Waals surface area contributed by atoms with Crippen molar-refractivity contribution < 1.29 is 30.3 Å². The summed E-state index contributed by atoms with van der Waals surface area (Å²) >= 11 is 0. The van der Waals surface area contributed by atoms with Crippen molar-refractivity contribution in [3.8, 4) is 0 Å². The van der Waals surface area contributed by atoms with Gasteiger partial charge in [0.15, 0.2) is 0 Å². The van der Waals surface area contributed by atoms with E-state index in [-0.39, 0.29) is 38.2 Å². The molecule has 3 aliphatic rings. The second-order valence-electron chi connectivity index (χ2n) is 7.07. The fourth-order valence-corrected chi connectivity index (χ4v) is 4.08. The van der Waals surface area contributed by atoms with E-state index in [0.29, 0.717) is 5.92 Å². The molecule has 0 bridgehead atoms. The van der Waals surface area contributed by atoms with Gasteiger partial charge in [-0.25, -0.2) is 0 Å². The fourth-order valence-electron chi connectivity index (χ4n) is 4.08. The van der Waals surface area contributed by atoms with Crippen molar-refractivity contribution in [3.63, 3.8) is 0 Å². The van der Waals surface area contributed by atoms with Crippen LogP contribution in [0, 0.1) is 24.6 Å². The summed E-state index contributed by atoms with van der Waals surface area (Å²) in [5.41, 5.74) is 1.07. The summed E-state index contributed by atoms with van der Waals surface area (Å²) in [6, 6.07) is 11.1. The van der Waals surface area contributed by atoms with Crippen LogP contribution in [0.15, 0.2) is 36.7 Å². The molecule has 2 aliphatic carbocycles. The number of hydrogen-bond donors (Lipinski definition) is 2. The number of benzene rings is 1. The summed E-state index contributed by atoms with van der Waals surface area (Å²) < 4.78 is 0. The minimum atomic E-state index is -0.227. The molecule has 1 radical (unpaired) electrons. The molecule has 2 saturated carbocycles. The number of para-hydroxylation sites is 1. The van der Waals surface area contributed by atoms with Gasteiger partial charge in [0, 0.05) is 26.0 Å². The summed E-state index contributed by atoms with van der Waals surface area (Å²) in [6.07, 6.45) is 10.1. The van der Waals surface area contributed by atoms with Crippen LogP contribution in [0.2, 0.25) is 0 Å². The zero-order valence-corrected chi connectivity index (χ0v) is 17.1. The molecule has 2 fully saturated rings.